The average molecular weight is 510 g/mol. The molecule has 2 saturated heterocycles. The van der Waals surface area contributed by atoms with E-state index in [0.717, 1.165) is 47.9 Å². The van der Waals surface area contributed by atoms with Crippen molar-refractivity contribution in [3.8, 4) is 0 Å². The van der Waals surface area contributed by atoms with Gasteiger partial charge in [0.25, 0.3) is 5.91 Å². The van der Waals surface area contributed by atoms with Gasteiger partial charge in [0.05, 0.1) is 35.9 Å². The number of nitrogens with zero attached hydrogens (tertiary/aromatic N) is 2. The molecule has 0 aliphatic carbocycles. The molecule has 0 unspecified atom stereocenters. The normalized spacial score (nSPS) is 19.4. The van der Waals surface area contributed by atoms with Gasteiger partial charge < -0.3 is 19.0 Å². The molecule has 1 N–H and O–H groups in total. The van der Waals surface area contributed by atoms with Crippen LogP contribution in [0.4, 0.5) is 0 Å². The molecular weight excluding hydrogens is 482 g/mol. The molecule has 2 fully saturated rings. The summed E-state index contributed by atoms with van der Waals surface area (Å²) in [5.74, 6) is 0.508. The van der Waals surface area contributed by atoms with Crippen LogP contribution in [0.5, 0.6) is 0 Å². The molecule has 2 amide bonds. The zero-order chi connectivity index (χ0) is 24.4. The van der Waals surface area contributed by atoms with Crippen molar-refractivity contribution in [3.05, 3.63) is 64.6 Å². The number of para-hydroxylation sites is 1. The first-order valence-corrected chi connectivity index (χ1v) is 13.0. The summed E-state index contributed by atoms with van der Waals surface area (Å²) in [4.78, 5) is 28.1. The molecule has 1 atom stereocenters. The molecule has 0 bridgehead atoms. The van der Waals surface area contributed by atoms with Crippen LogP contribution in [0.2, 0.25) is 0 Å². The Kier molecular flexibility index (Phi) is 7.08. The Labute approximate surface area is 213 Å². The number of aromatic nitrogens is 1. The van der Waals surface area contributed by atoms with Crippen LogP contribution in [-0.2, 0) is 33.8 Å². The molecule has 9 heteroatoms. The number of nitrogens with one attached hydrogen (secondary N) is 1. The molecule has 35 heavy (non-hydrogen) atoms. The highest BCUT2D eigenvalue weighted by Crippen LogP contribution is 2.35. The second kappa shape index (κ2) is 10.4. The Morgan fingerprint density at radius 3 is 2.94 bits per heavy atom. The summed E-state index contributed by atoms with van der Waals surface area (Å²) in [5.41, 5.74) is 3.04. The highest BCUT2D eigenvalue weighted by Gasteiger charge is 2.34. The molecule has 2 aromatic heterocycles. The standard InChI is InChI=1S/C26H27N3O4S2/c1-2-17-6-3-9-21-18(12-22-25(31)29(26(34)35-22)15-20-8-5-11-33-20)14-28(24(17)21)16-23(30)27-13-19-7-4-10-32-19/h3-4,6-7,9-10,12,14,20H,2,5,8,11,13,15-16H2,1H3,(H,27,30)/b22-12-/t20-/m0/s1. The summed E-state index contributed by atoms with van der Waals surface area (Å²) in [5, 5.41) is 3.92. The van der Waals surface area contributed by atoms with Crippen LogP contribution in [0.25, 0.3) is 17.0 Å². The first-order chi connectivity index (χ1) is 17.0. The lowest BCUT2D eigenvalue weighted by Gasteiger charge is -2.18. The fraction of sp³-hybridized carbons (Fsp3) is 0.346. The van der Waals surface area contributed by atoms with Crippen LogP contribution < -0.4 is 5.32 Å². The predicted octanol–water partition coefficient (Wildman–Crippen LogP) is 4.49. The molecule has 4 heterocycles. The molecular formula is C26H27N3O4S2. The van der Waals surface area contributed by atoms with Gasteiger partial charge in [-0.1, -0.05) is 49.1 Å². The molecule has 0 radical (unpaired) electrons. The van der Waals surface area contributed by atoms with E-state index in [1.807, 2.05) is 35.0 Å². The van der Waals surface area contributed by atoms with E-state index in [4.69, 9.17) is 21.4 Å². The van der Waals surface area contributed by atoms with Crippen molar-refractivity contribution in [2.75, 3.05) is 13.2 Å². The van der Waals surface area contributed by atoms with Gasteiger partial charge in [0.15, 0.2) is 0 Å². The number of rotatable bonds is 8. The molecule has 2 aliphatic rings. The van der Waals surface area contributed by atoms with Crippen molar-refractivity contribution in [1.29, 1.82) is 0 Å². The number of thiocarbonyl (C=S) groups is 1. The summed E-state index contributed by atoms with van der Waals surface area (Å²) in [6, 6.07) is 9.75. The number of furan rings is 1. The van der Waals surface area contributed by atoms with Gasteiger partial charge in [-0.3, -0.25) is 14.5 Å². The zero-order valence-corrected chi connectivity index (χ0v) is 21.1. The third-order valence-electron chi connectivity index (χ3n) is 6.32. The van der Waals surface area contributed by atoms with Crippen molar-refractivity contribution < 1.29 is 18.7 Å². The number of amides is 2. The topological polar surface area (TPSA) is 76.7 Å². The Balaban J connectivity index is 1.41. The Morgan fingerprint density at radius 1 is 1.31 bits per heavy atom. The molecule has 182 valence electrons. The number of carbonyl (C=O) groups is 2. The molecule has 1 aromatic carbocycles. The molecule has 0 spiro atoms. The fourth-order valence-corrected chi connectivity index (χ4v) is 5.86. The van der Waals surface area contributed by atoms with Crippen LogP contribution in [0, 0.1) is 0 Å². The number of aryl methyl sites for hydroxylation is 1. The lowest BCUT2D eigenvalue weighted by atomic mass is 10.1. The number of fused-ring (bicyclic) bond motifs is 1. The summed E-state index contributed by atoms with van der Waals surface area (Å²) in [7, 11) is 0. The van der Waals surface area contributed by atoms with Crippen LogP contribution in [0.1, 0.15) is 36.7 Å². The van der Waals surface area contributed by atoms with E-state index in [1.54, 1.807) is 17.2 Å². The summed E-state index contributed by atoms with van der Waals surface area (Å²) >= 11 is 6.83. The van der Waals surface area contributed by atoms with Crippen LogP contribution in [0.15, 0.2) is 52.1 Å². The maximum Gasteiger partial charge on any atom is 0.266 e. The third-order valence-corrected chi connectivity index (χ3v) is 7.70. The Morgan fingerprint density at radius 2 is 2.20 bits per heavy atom. The first kappa shape index (κ1) is 23.8. The molecule has 5 rings (SSSR count). The number of ether oxygens (including phenoxy) is 1. The minimum absolute atomic E-state index is 0.0468. The van der Waals surface area contributed by atoms with Crippen LogP contribution in [-0.4, -0.2) is 44.9 Å². The summed E-state index contributed by atoms with van der Waals surface area (Å²) in [6.45, 7) is 3.84. The SMILES string of the molecule is CCc1cccc2c(/C=C3\SC(=S)N(C[C@@H]4CCCO4)C3=O)cn(CC(=O)NCc3ccco3)c12. The van der Waals surface area contributed by atoms with E-state index in [0.29, 0.717) is 28.1 Å². The number of carbonyl (C=O) groups excluding carboxylic acids is 2. The quantitative estimate of drug-likeness (QED) is 0.356. The first-order valence-electron chi connectivity index (χ1n) is 11.8. The van der Waals surface area contributed by atoms with Gasteiger partial charge in [0.2, 0.25) is 5.91 Å². The van der Waals surface area contributed by atoms with Crippen LogP contribution >= 0.6 is 24.0 Å². The van der Waals surface area contributed by atoms with E-state index in [-0.39, 0.29) is 24.5 Å². The van der Waals surface area contributed by atoms with Crippen molar-refractivity contribution in [1.82, 2.24) is 14.8 Å². The van der Waals surface area contributed by atoms with Crippen molar-refractivity contribution in [2.45, 2.75) is 45.4 Å². The smallest absolute Gasteiger partial charge is 0.266 e. The van der Waals surface area contributed by atoms with Gasteiger partial charge >= 0.3 is 0 Å². The maximum absolute atomic E-state index is 13.2. The highest BCUT2D eigenvalue weighted by atomic mass is 32.2. The zero-order valence-electron chi connectivity index (χ0n) is 19.5. The number of thioether (sulfide) groups is 1. The van der Waals surface area contributed by atoms with Crippen molar-refractivity contribution in [2.24, 2.45) is 0 Å². The average Bonchev–Trinajstić information content (AvgIpc) is 3.65. The monoisotopic (exact) mass is 509 g/mol. The van der Waals surface area contributed by atoms with E-state index < -0.39 is 0 Å². The number of benzene rings is 1. The number of hydrogen-bond acceptors (Lipinski definition) is 6. The minimum atomic E-state index is -0.112. The fourth-order valence-electron chi connectivity index (χ4n) is 4.59. The number of hydrogen-bond donors (Lipinski definition) is 1. The molecule has 3 aromatic rings. The van der Waals surface area contributed by atoms with E-state index >= 15 is 0 Å². The molecule has 7 nitrogen and oxygen atoms in total. The predicted molar refractivity (Wildman–Crippen MR) is 141 cm³/mol. The lowest BCUT2D eigenvalue weighted by Crippen LogP contribution is -2.35. The summed E-state index contributed by atoms with van der Waals surface area (Å²) < 4.78 is 13.5. The van der Waals surface area contributed by atoms with Gasteiger partial charge in [0.1, 0.15) is 16.6 Å². The van der Waals surface area contributed by atoms with Gasteiger partial charge in [-0.15, -0.1) is 0 Å². The van der Waals surface area contributed by atoms with Crippen LogP contribution in [0.3, 0.4) is 0 Å². The lowest BCUT2D eigenvalue weighted by molar-refractivity contribution is -0.123. The van der Waals surface area contributed by atoms with Gasteiger partial charge in [0, 0.05) is 23.8 Å². The van der Waals surface area contributed by atoms with Gasteiger partial charge in [-0.2, -0.15) is 0 Å². The van der Waals surface area contributed by atoms with E-state index in [1.165, 1.54) is 11.8 Å². The third kappa shape index (κ3) is 5.07. The highest BCUT2D eigenvalue weighted by molar-refractivity contribution is 8.26. The van der Waals surface area contributed by atoms with E-state index in [2.05, 4.69) is 18.3 Å². The summed E-state index contributed by atoms with van der Waals surface area (Å²) in [6.07, 6.45) is 8.28. The van der Waals surface area contributed by atoms with E-state index in [9.17, 15) is 9.59 Å². The maximum atomic E-state index is 13.2. The molecule has 0 saturated carbocycles. The largest absolute Gasteiger partial charge is 0.467 e. The Bertz CT molecular complexity index is 1290. The van der Waals surface area contributed by atoms with Crippen molar-refractivity contribution >= 4 is 57.1 Å². The van der Waals surface area contributed by atoms with Gasteiger partial charge in [-0.05, 0) is 43.0 Å². The Hall–Kier alpha value is -2.88. The second-order valence-corrected chi connectivity index (χ2v) is 10.3. The second-order valence-electron chi connectivity index (χ2n) is 8.66. The minimum Gasteiger partial charge on any atom is -0.467 e. The van der Waals surface area contributed by atoms with Gasteiger partial charge in [-0.25, -0.2) is 0 Å². The molecule has 2 aliphatic heterocycles. The van der Waals surface area contributed by atoms with Crippen molar-refractivity contribution in [3.63, 3.8) is 0 Å².